The van der Waals surface area contributed by atoms with Crippen molar-refractivity contribution in [1.82, 2.24) is 14.9 Å². The highest BCUT2D eigenvalue weighted by molar-refractivity contribution is 14.0. The van der Waals surface area contributed by atoms with Gasteiger partial charge in [-0.15, -0.1) is 24.0 Å². The Hall–Kier alpha value is -0.170. The van der Waals surface area contributed by atoms with Crippen molar-refractivity contribution in [2.75, 3.05) is 52.3 Å². The summed E-state index contributed by atoms with van der Waals surface area (Å²) in [6.07, 6.45) is 3.93. The molecule has 2 aliphatic rings. The van der Waals surface area contributed by atoms with Gasteiger partial charge < -0.3 is 20.1 Å². The number of halogens is 1. The van der Waals surface area contributed by atoms with Gasteiger partial charge in [0.05, 0.1) is 17.9 Å². The third kappa shape index (κ3) is 7.58. The molecule has 2 fully saturated rings. The van der Waals surface area contributed by atoms with Crippen LogP contribution in [0.25, 0.3) is 0 Å². The summed E-state index contributed by atoms with van der Waals surface area (Å²) in [6.45, 7) is 7.85. The third-order valence-electron chi connectivity index (χ3n) is 5.36. The molecule has 0 radical (unpaired) electrons. The van der Waals surface area contributed by atoms with E-state index in [1.54, 1.807) is 11.4 Å². The molecule has 0 amide bonds. The zero-order chi connectivity index (χ0) is 19.8. The molecule has 0 bridgehead atoms. The summed E-state index contributed by atoms with van der Waals surface area (Å²) in [5, 5.41) is 6.77. The van der Waals surface area contributed by atoms with Gasteiger partial charge in [0.15, 0.2) is 5.96 Å². The predicted octanol–water partition coefficient (Wildman–Crippen LogP) is 1.56. The molecule has 0 spiro atoms. The second-order valence-electron chi connectivity index (χ2n) is 7.33. The number of guanidine groups is 1. The zero-order valence-electron chi connectivity index (χ0n) is 17.4. The molecule has 2 heterocycles. The number of ether oxygens (including phenoxy) is 2. The number of piperidine rings is 1. The van der Waals surface area contributed by atoms with Crippen molar-refractivity contribution in [3.63, 3.8) is 0 Å². The minimum Gasteiger partial charge on any atom is -0.381 e. The molecule has 0 saturated carbocycles. The quantitative estimate of drug-likeness (QED) is 0.280. The normalized spacial score (nSPS) is 21.8. The standard InChI is InChI=1S/C18H36N4O4S.HI/c1-4-14-27(23,24)22-10-6-16(7-11-22)21-17(19-5-2)20-15-18(25-3)8-12-26-13-9-18;/h16H,4-15H2,1-3H3,(H2,19,20,21);1H. The van der Waals surface area contributed by atoms with E-state index in [0.29, 0.717) is 39.3 Å². The lowest BCUT2D eigenvalue weighted by Crippen LogP contribution is -2.50. The molecule has 166 valence electrons. The molecular formula is C18H37IN4O4S. The van der Waals surface area contributed by atoms with Crippen molar-refractivity contribution in [3.05, 3.63) is 0 Å². The molecule has 10 heteroatoms. The molecule has 2 aliphatic heterocycles. The van der Waals surface area contributed by atoms with Crippen molar-refractivity contribution in [3.8, 4) is 0 Å². The van der Waals surface area contributed by atoms with E-state index in [1.165, 1.54) is 0 Å². The van der Waals surface area contributed by atoms with Crippen LogP contribution < -0.4 is 10.6 Å². The van der Waals surface area contributed by atoms with E-state index < -0.39 is 10.0 Å². The van der Waals surface area contributed by atoms with Gasteiger partial charge in [-0.1, -0.05) is 6.92 Å². The highest BCUT2D eigenvalue weighted by Crippen LogP contribution is 2.24. The number of nitrogens with zero attached hydrogens (tertiary/aromatic N) is 2. The number of hydrogen-bond acceptors (Lipinski definition) is 5. The molecule has 0 aliphatic carbocycles. The molecule has 0 aromatic rings. The molecular weight excluding hydrogens is 495 g/mol. The fourth-order valence-electron chi connectivity index (χ4n) is 3.57. The number of nitrogens with one attached hydrogen (secondary N) is 2. The van der Waals surface area contributed by atoms with Crippen LogP contribution in [0.2, 0.25) is 0 Å². The molecule has 0 atom stereocenters. The van der Waals surface area contributed by atoms with Gasteiger partial charge in [0.2, 0.25) is 10.0 Å². The first-order chi connectivity index (χ1) is 12.9. The molecule has 8 nitrogen and oxygen atoms in total. The van der Waals surface area contributed by atoms with Crippen LogP contribution in [-0.2, 0) is 19.5 Å². The summed E-state index contributed by atoms with van der Waals surface area (Å²) in [5.74, 6) is 1.01. The number of hydrogen-bond donors (Lipinski definition) is 2. The van der Waals surface area contributed by atoms with E-state index in [9.17, 15) is 8.42 Å². The average molecular weight is 532 g/mol. The monoisotopic (exact) mass is 532 g/mol. The first-order valence-electron chi connectivity index (χ1n) is 10.1. The molecule has 0 aromatic carbocycles. The summed E-state index contributed by atoms with van der Waals surface area (Å²) < 4.78 is 37.2. The Labute approximate surface area is 187 Å². The Morgan fingerprint density at radius 1 is 1.25 bits per heavy atom. The maximum atomic E-state index is 12.2. The largest absolute Gasteiger partial charge is 0.381 e. The molecule has 2 saturated heterocycles. The van der Waals surface area contributed by atoms with Crippen LogP contribution >= 0.6 is 24.0 Å². The maximum absolute atomic E-state index is 12.2. The molecule has 2 rings (SSSR count). The van der Waals surface area contributed by atoms with Gasteiger partial charge in [-0.25, -0.2) is 12.7 Å². The first-order valence-corrected chi connectivity index (χ1v) is 11.7. The van der Waals surface area contributed by atoms with E-state index in [2.05, 4.69) is 10.6 Å². The van der Waals surface area contributed by atoms with Crippen LogP contribution in [0.3, 0.4) is 0 Å². The van der Waals surface area contributed by atoms with E-state index in [-0.39, 0.29) is 41.4 Å². The maximum Gasteiger partial charge on any atom is 0.214 e. The fraction of sp³-hybridized carbons (Fsp3) is 0.944. The van der Waals surface area contributed by atoms with Crippen molar-refractivity contribution < 1.29 is 17.9 Å². The van der Waals surface area contributed by atoms with Crippen molar-refractivity contribution in [2.24, 2.45) is 4.99 Å². The van der Waals surface area contributed by atoms with E-state index in [4.69, 9.17) is 14.5 Å². The van der Waals surface area contributed by atoms with Crippen LogP contribution in [0.15, 0.2) is 4.99 Å². The molecule has 28 heavy (non-hydrogen) atoms. The van der Waals surface area contributed by atoms with Gasteiger partial charge in [0.1, 0.15) is 0 Å². The lowest BCUT2D eigenvalue weighted by molar-refractivity contribution is -0.0828. The van der Waals surface area contributed by atoms with Gasteiger partial charge in [-0.3, -0.25) is 4.99 Å². The predicted molar refractivity (Wildman–Crippen MR) is 123 cm³/mol. The van der Waals surface area contributed by atoms with Gasteiger partial charge in [0, 0.05) is 58.8 Å². The SMILES string of the molecule is CCCS(=O)(=O)N1CCC(NC(=NCC2(OC)CCOCC2)NCC)CC1.I. The number of rotatable bonds is 8. The molecule has 2 N–H and O–H groups in total. The lowest BCUT2D eigenvalue weighted by atomic mass is 9.94. The van der Waals surface area contributed by atoms with Crippen molar-refractivity contribution >= 4 is 40.0 Å². The average Bonchev–Trinajstić information content (AvgIpc) is 2.67. The van der Waals surface area contributed by atoms with Crippen LogP contribution in [-0.4, -0.2) is 82.6 Å². The molecule has 0 unspecified atom stereocenters. The molecule has 0 aromatic heterocycles. The summed E-state index contributed by atoms with van der Waals surface area (Å²) in [4.78, 5) is 4.75. The first kappa shape index (κ1) is 25.9. The fourth-order valence-corrected chi connectivity index (χ4v) is 5.11. The minimum atomic E-state index is -3.10. The lowest BCUT2D eigenvalue weighted by Gasteiger charge is -2.35. The minimum absolute atomic E-state index is 0. The Balaban J connectivity index is 0.00000392. The number of aliphatic imine (C=N–C) groups is 1. The van der Waals surface area contributed by atoms with Gasteiger partial charge in [0.25, 0.3) is 0 Å². The second-order valence-corrected chi connectivity index (χ2v) is 9.42. The van der Waals surface area contributed by atoms with Crippen LogP contribution in [0.5, 0.6) is 0 Å². The van der Waals surface area contributed by atoms with Crippen LogP contribution in [0.4, 0.5) is 0 Å². The zero-order valence-corrected chi connectivity index (χ0v) is 20.6. The van der Waals surface area contributed by atoms with Crippen LogP contribution in [0, 0.1) is 0 Å². The van der Waals surface area contributed by atoms with Gasteiger partial charge in [-0.2, -0.15) is 0 Å². The Morgan fingerprint density at radius 3 is 2.43 bits per heavy atom. The van der Waals surface area contributed by atoms with Gasteiger partial charge >= 0.3 is 0 Å². The second kappa shape index (κ2) is 12.5. The Bertz CT molecular complexity index is 574. The highest BCUT2D eigenvalue weighted by atomic mass is 127. The van der Waals surface area contributed by atoms with Crippen molar-refractivity contribution in [2.45, 2.75) is 57.6 Å². The summed E-state index contributed by atoms with van der Waals surface area (Å²) in [6, 6.07) is 0.226. The Morgan fingerprint density at radius 2 is 1.89 bits per heavy atom. The van der Waals surface area contributed by atoms with Crippen LogP contribution in [0.1, 0.15) is 46.0 Å². The smallest absolute Gasteiger partial charge is 0.214 e. The van der Waals surface area contributed by atoms with Gasteiger partial charge in [-0.05, 0) is 26.2 Å². The topological polar surface area (TPSA) is 92.3 Å². The number of methoxy groups -OCH3 is 1. The highest BCUT2D eigenvalue weighted by Gasteiger charge is 2.33. The summed E-state index contributed by atoms with van der Waals surface area (Å²) in [5.41, 5.74) is -0.252. The summed E-state index contributed by atoms with van der Waals surface area (Å²) in [7, 11) is -1.36. The van der Waals surface area contributed by atoms with E-state index in [0.717, 1.165) is 38.2 Å². The Kier molecular flexibility index (Phi) is 11.6. The van der Waals surface area contributed by atoms with Crippen molar-refractivity contribution in [1.29, 1.82) is 0 Å². The third-order valence-corrected chi connectivity index (χ3v) is 7.43. The van der Waals surface area contributed by atoms with E-state index >= 15 is 0 Å². The van der Waals surface area contributed by atoms with E-state index in [1.807, 2.05) is 13.8 Å². The summed E-state index contributed by atoms with van der Waals surface area (Å²) >= 11 is 0. The number of sulfonamides is 1.